The molecule has 6 fully saturated rings. The number of hydrogen-bond acceptors (Lipinski definition) is 9. The summed E-state index contributed by atoms with van der Waals surface area (Å²) >= 11 is 0. The third-order valence-electron chi connectivity index (χ3n) is 7.52. The third kappa shape index (κ3) is 7.93. The molecule has 6 heterocycles. The number of epoxide rings is 6. The highest BCUT2D eigenvalue weighted by atomic mass is 16.6. The van der Waals surface area contributed by atoms with Crippen molar-refractivity contribution in [3.05, 3.63) is 34.9 Å². The summed E-state index contributed by atoms with van der Waals surface area (Å²) in [4.78, 5) is 7.54. The SMILES string of the molecule is c1c(CN(CC2CO2)CC2CO2)cc(CN(CC2CO2)CC2CO2)cc1CN(CC1CO1)CC1CO1. The summed E-state index contributed by atoms with van der Waals surface area (Å²) in [6, 6.07) is 7.22. The second-order valence-electron chi connectivity index (χ2n) is 11.5. The second-order valence-corrected chi connectivity index (χ2v) is 11.5. The summed E-state index contributed by atoms with van der Waals surface area (Å²) in [5.74, 6) is 0. The van der Waals surface area contributed by atoms with E-state index < -0.39 is 0 Å². The zero-order chi connectivity index (χ0) is 23.9. The van der Waals surface area contributed by atoms with Crippen LogP contribution in [0.4, 0.5) is 0 Å². The summed E-state index contributed by atoms with van der Waals surface area (Å²) in [5.41, 5.74) is 4.12. The van der Waals surface area contributed by atoms with Gasteiger partial charge >= 0.3 is 0 Å². The van der Waals surface area contributed by atoms with Crippen molar-refractivity contribution < 1.29 is 28.4 Å². The molecule has 0 aliphatic carbocycles. The molecular formula is C27H39N3O6. The monoisotopic (exact) mass is 501 g/mol. The van der Waals surface area contributed by atoms with Gasteiger partial charge in [-0.25, -0.2) is 0 Å². The van der Waals surface area contributed by atoms with E-state index in [0.29, 0.717) is 36.6 Å². The number of rotatable bonds is 18. The highest BCUT2D eigenvalue weighted by Gasteiger charge is 2.33. The van der Waals surface area contributed by atoms with Crippen LogP contribution in [0.2, 0.25) is 0 Å². The van der Waals surface area contributed by atoms with E-state index in [2.05, 4.69) is 32.9 Å². The van der Waals surface area contributed by atoms with Gasteiger partial charge in [-0.2, -0.15) is 0 Å². The number of ether oxygens (including phenoxy) is 6. The zero-order valence-electron chi connectivity index (χ0n) is 21.1. The van der Waals surface area contributed by atoms with Gasteiger partial charge in [-0.1, -0.05) is 18.2 Å². The maximum atomic E-state index is 5.56. The molecule has 0 spiro atoms. The summed E-state index contributed by atoms with van der Waals surface area (Å²) in [6.45, 7) is 14.0. The van der Waals surface area contributed by atoms with Crippen LogP contribution in [-0.2, 0) is 48.1 Å². The molecule has 1 aromatic carbocycles. The van der Waals surface area contributed by atoms with Crippen LogP contribution in [0.5, 0.6) is 0 Å². The molecule has 0 radical (unpaired) electrons. The second kappa shape index (κ2) is 10.6. The lowest BCUT2D eigenvalue weighted by Gasteiger charge is -2.25. The summed E-state index contributed by atoms with van der Waals surface area (Å²) in [6.07, 6.45) is 2.29. The van der Waals surface area contributed by atoms with Gasteiger partial charge in [-0.05, 0) is 16.7 Å². The Labute approximate surface area is 213 Å². The van der Waals surface area contributed by atoms with E-state index >= 15 is 0 Å². The van der Waals surface area contributed by atoms with E-state index in [1.54, 1.807) is 0 Å². The van der Waals surface area contributed by atoms with Gasteiger partial charge in [-0.3, -0.25) is 14.7 Å². The normalized spacial score (nSPS) is 33.4. The first-order valence-corrected chi connectivity index (χ1v) is 13.7. The van der Waals surface area contributed by atoms with Gasteiger partial charge < -0.3 is 28.4 Å². The Bertz CT molecular complexity index is 727. The molecule has 9 heteroatoms. The molecule has 198 valence electrons. The Morgan fingerprint density at radius 1 is 0.417 bits per heavy atom. The van der Waals surface area contributed by atoms with E-state index in [-0.39, 0.29) is 0 Å². The minimum absolute atomic E-state index is 0.381. The van der Waals surface area contributed by atoms with E-state index in [1.165, 1.54) is 16.7 Å². The van der Waals surface area contributed by atoms with Crippen molar-refractivity contribution in [1.82, 2.24) is 14.7 Å². The van der Waals surface area contributed by atoms with Gasteiger partial charge in [0.05, 0.1) is 76.3 Å². The lowest BCUT2D eigenvalue weighted by Crippen LogP contribution is -2.33. The molecule has 6 saturated heterocycles. The van der Waals surface area contributed by atoms with Crippen LogP contribution in [0.1, 0.15) is 16.7 Å². The highest BCUT2D eigenvalue weighted by Crippen LogP contribution is 2.24. The Kier molecular flexibility index (Phi) is 7.02. The first kappa shape index (κ1) is 23.9. The molecular weight excluding hydrogens is 462 g/mol. The maximum absolute atomic E-state index is 5.56. The Balaban J connectivity index is 1.09. The Hall–Kier alpha value is -1.14. The molecule has 6 unspecified atom stereocenters. The predicted molar refractivity (Wildman–Crippen MR) is 131 cm³/mol. The van der Waals surface area contributed by atoms with Gasteiger partial charge in [0.15, 0.2) is 0 Å². The van der Waals surface area contributed by atoms with E-state index in [9.17, 15) is 0 Å². The zero-order valence-corrected chi connectivity index (χ0v) is 21.1. The lowest BCUT2D eigenvalue weighted by atomic mass is 10.0. The summed E-state index contributed by atoms with van der Waals surface area (Å²) in [5, 5.41) is 0. The average Bonchev–Trinajstić information content (AvgIpc) is 3.58. The van der Waals surface area contributed by atoms with Gasteiger partial charge in [0.25, 0.3) is 0 Å². The van der Waals surface area contributed by atoms with E-state index in [1.807, 2.05) is 0 Å². The van der Waals surface area contributed by atoms with Gasteiger partial charge in [-0.15, -0.1) is 0 Å². The van der Waals surface area contributed by atoms with Crippen molar-refractivity contribution in [1.29, 1.82) is 0 Å². The predicted octanol–water partition coefficient (Wildman–Crippen LogP) is 0.485. The molecule has 1 aromatic rings. The lowest BCUT2D eigenvalue weighted by molar-refractivity contribution is 0.207. The van der Waals surface area contributed by atoms with Crippen molar-refractivity contribution in [3.8, 4) is 0 Å². The van der Waals surface area contributed by atoms with Crippen molar-refractivity contribution >= 4 is 0 Å². The van der Waals surface area contributed by atoms with Crippen LogP contribution in [0, 0.1) is 0 Å². The van der Waals surface area contributed by atoms with Crippen LogP contribution < -0.4 is 0 Å². The van der Waals surface area contributed by atoms with E-state index in [0.717, 1.165) is 98.5 Å². The molecule has 6 atom stereocenters. The van der Waals surface area contributed by atoms with Crippen molar-refractivity contribution in [3.63, 3.8) is 0 Å². The fourth-order valence-electron chi connectivity index (χ4n) is 5.27. The van der Waals surface area contributed by atoms with Gasteiger partial charge in [0.1, 0.15) is 0 Å². The number of hydrogen-bond donors (Lipinski definition) is 0. The molecule has 0 saturated carbocycles. The summed E-state index contributed by atoms with van der Waals surface area (Å²) in [7, 11) is 0. The maximum Gasteiger partial charge on any atom is 0.0936 e. The van der Waals surface area contributed by atoms with Crippen LogP contribution in [0.15, 0.2) is 18.2 Å². The first-order chi connectivity index (χ1) is 17.7. The minimum atomic E-state index is 0.381. The standard InChI is InChI=1S/C27H39N3O6/c1-19(4-28(7-22-13-31-22)8-23-14-32-23)2-21(6-30(11-26-17-35-26)12-27-18-36-27)3-20(1)5-29(9-24-15-33-24)10-25-16-34-25/h1-3,22-27H,4-18H2. The van der Waals surface area contributed by atoms with E-state index in [4.69, 9.17) is 28.4 Å². The number of benzene rings is 1. The van der Waals surface area contributed by atoms with Crippen molar-refractivity contribution in [2.24, 2.45) is 0 Å². The van der Waals surface area contributed by atoms with Gasteiger partial charge in [0, 0.05) is 58.9 Å². The number of nitrogens with zero attached hydrogens (tertiary/aromatic N) is 3. The van der Waals surface area contributed by atoms with Gasteiger partial charge in [0.2, 0.25) is 0 Å². The van der Waals surface area contributed by atoms with Crippen LogP contribution in [0.3, 0.4) is 0 Å². The first-order valence-electron chi connectivity index (χ1n) is 13.7. The van der Waals surface area contributed by atoms with Crippen LogP contribution in [-0.4, -0.2) is 130 Å². The molecule has 0 bridgehead atoms. The van der Waals surface area contributed by atoms with Crippen molar-refractivity contribution in [2.75, 3.05) is 78.9 Å². The molecule has 7 rings (SSSR count). The summed E-state index contributed by atoms with van der Waals surface area (Å²) < 4.78 is 33.4. The minimum Gasteiger partial charge on any atom is -0.372 e. The largest absolute Gasteiger partial charge is 0.372 e. The molecule has 0 amide bonds. The van der Waals surface area contributed by atoms with Crippen molar-refractivity contribution in [2.45, 2.75) is 56.3 Å². The fourth-order valence-corrected chi connectivity index (χ4v) is 5.27. The van der Waals surface area contributed by atoms with Crippen LogP contribution in [0.25, 0.3) is 0 Å². The quantitative estimate of drug-likeness (QED) is 0.267. The smallest absolute Gasteiger partial charge is 0.0936 e. The molecule has 36 heavy (non-hydrogen) atoms. The molecule has 0 N–H and O–H groups in total. The molecule has 9 nitrogen and oxygen atoms in total. The molecule has 6 aliphatic rings. The Morgan fingerprint density at radius 2 is 0.611 bits per heavy atom. The Morgan fingerprint density at radius 3 is 0.778 bits per heavy atom. The molecule has 0 aromatic heterocycles. The fraction of sp³-hybridized carbons (Fsp3) is 0.778. The third-order valence-corrected chi connectivity index (χ3v) is 7.52. The molecule has 6 aliphatic heterocycles. The average molecular weight is 502 g/mol. The van der Waals surface area contributed by atoms with Crippen LogP contribution >= 0.6 is 0 Å². The highest BCUT2D eigenvalue weighted by molar-refractivity contribution is 5.31. The topological polar surface area (TPSA) is 84.9 Å².